The van der Waals surface area contributed by atoms with Gasteiger partial charge in [0.25, 0.3) is 0 Å². The van der Waals surface area contributed by atoms with Gasteiger partial charge in [-0.1, -0.05) is 104 Å². The molecule has 0 saturated heterocycles. The van der Waals surface area contributed by atoms with E-state index >= 15 is 0 Å². The van der Waals surface area contributed by atoms with Gasteiger partial charge < -0.3 is 15.1 Å². The average Bonchev–Trinajstić information content (AvgIpc) is 2.76. The molecule has 0 bridgehead atoms. The second kappa shape index (κ2) is 27.9. The maximum absolute atomic E-state index is 10.3. The van der Waals surface area contributed by atoms with E-state index in [1.165, 1.54) is 70.6 Å². The highest BCUT2D eigenvalue weighted by atomic mass is 16.7. The summed E-state index contributed by atoms with van der Waals surface area (Å²) in [5.74, 6) is -0.678. The lowest BCUT2D eigenvalue weighted by Crippen LogP contribution is -2.05. The first-order valence-electron chi connectivity index (χ1n) is 13.4. The Morgan fingerprint density at radius 3 is 1.56 bits per heavy atom. The molecule has 0 fully saturated rings. The first kappa shape index (κ1) is 33.0. The Balaban J connectivity index is 0. The minimum Gasteiger partial charge on any atom is -0.481 e. The topological polar surface area (TPSA) is 96.2 Å². The molecule has 0 aromatic rings. The van der Waals surface area contributed by atoms with Crippen molar-refractivity contribution in [2.75, 3.05) is 0 Å². The number of hydrogen-bond donors (Lipinski definition) is 2. The zero-order chi connectivity index (χ0) is 24.3. The lowest BCUT2D eigenvalue weighted by molar-refractivity contribution is -0.137. The fourth-order valence-corrected chi connectivity index (χ4v) is 3.65. The number of aliphatic hydroxyl groups is 1. The first-order chi connectivity index (χ1) is 15.5. The molecule has 0 spiro atoms. The highest BCUT2D eigenvalue weighted by Gasteiger charge is 2.03. The van der Waals surface area contributed by atoms with Gasteiger partial charge in [-0.15, -0.1) is 4.91 Å². The molecule has 0 rings (SSSR count). The van der Waals surface area contributed by atoms with Crippen LogP contribution >= 0.6 is 0 Å². The molecule has 0 aromatic carbocycles. The number of carbonyl (C=O) groups is 1. The van der Waals surface area contributed by atoms with Gasteiger partial charge in [0.15, 0.2) is 5.34 Å². The highest BCUT2D eigenvalue weighted by molar-refractivity contribution is 5.66. The van der Waals surface area contributed by atoms with E-state index in [-0.39, 0.29) is 12.2 Å². The Labute approximate surface area is 197 Å². The van der Waals surface area contributed by atoms with E-state index in [4.69, 9.17) is 5.11 Å². The summed E-state index contributed by atoms with van der Waals surface area (Å²) in [6.07, 6.45) is 22.0. The Morgan fingerprint density at radius 1 is 0.719 bits per heavy atom. The highest BCUT2D eigenvalue weighted by Crippen LogP contribution is 2.14. The molecule has 2 N–H and O–H groups in total. The molecule has 0 aromatic heterocycles. The summed E-state index contributed by atoms with van der Waals surface area (Å²) in [4.78, 5) is 24.5. The summed E-state index contributed by atoms with van der Waals surface area (Å²) in [7, 11) is 0. The summed E-state index contributed by atoms with van der Waals surface area (Å²) in [5, 5.41) is 20.7. The molecule has 0 radical (unpaired) electrons. The number of aliphatic carboxylic acids is 1. The van der Waals surface area contributed by atoms with Crippen LogP contribution in [0.1, 0.15) is 149 Å². The second-order valence-electron chi connectivity index (χ2n) is 9.10. The third-order valence-electron chi connectivity index (χ3n) is 5.76. The maximum Gasteiger partial charge on any atom is 0.303 e. The van der Waals surface area contributed by atoms with Gasteiger partial charge in [0, 0.05) is 6.42 Å². The predicted octanol–water partition coefficient (Wildman–Crippen LogP) is 8.35. The van der Waals surface area contributed by atoms with E-state index < -0.39 is 5.97 Å². The molecule has 0 saturated carbocycles. The van der Waals surface area contributed by atoms with Crippen molar-refractivity contribution >= 4 is 5.97 Å². The van der Waals surface area contributed by atoms with Crippen LogP contribution in [0.3, 0.4) is 0 Å². The van der Waals surface area contributed by atoms with Gasteiger partial charge >= 0.3 is 5.97 Å². The number of carboxylic acids is 1. The fourth-order valence-electron chi connectivity index (χ4n) is 3.65. The molecule has 2 unspecified atom stereocenters. The molecule has 0 aliphatic carbocycles. The Morgan fingerprint density at radius 2 is 1.12 bits per heavy atom. The molecule has 0 aliphatic heterocycles. The Kier molecular flexibility index (Phi) is 28.7. The fraction of sp³-hybridized carbons (Fsp3) is 0.962. The van der Waals surface area contributed by atoms with E-state index in [0.717, 1.165) is 51.4 Å². The van der Waals surface area contributed by atoms with Gasteiger partial charge in [-0.3, -0.25) is 4.79 Å². The largest absolute Gasteiger partial charge is 0.481 e. The third kappa shape index (κ3) is 31.0. The number of carboxylic acid groups (broad SMARTS) is 1. The van der Waals surface area contributed by atoms with Crippen molar-refractivity contribution in [1.29, 1.82) is 0 Å². The predicted molar refractivity (Wildman–Crippen MR) is 134 cm³/mol. The van der Waals surface area contributed by atoms with Gasteiger partial charge in [-0.05, 0) is 39.0 Å². The van der Waals surface area contributed by atoms with Crippen LogP contribution < -0.4 is 0 Å². The summed E-state index contributed by atoms with van der Waals surface area (Å²) in [5.41, 5.74) is 0. The SMILES string of the molecule is CCCCCCC(C)ON=O.CCCCCCC(O)CCCCCCCCCCC(=O)O. The summed E-state index contributed by atoms with van der Waals surface area (Å²) in [6.45, 7) is 6.25. The van der Waals surface area contributed by atoms with Crippen molar-refractivity contribution in [3.05, 3.63) is 4.91 Å². The molecular formula is C26H53NO5. The zero-order valence-electron chi connectivity index (χ0n) is 21.4. The molecule has 6 heteroatoms. The van der Waals surface area contributed by atoms with Crippen molar-refractivity contribution in [2.24, 2.45) is 5.34 Å². The van der Waals surface area contributed by atoms with Crippen molar-refractivity contribution in [3.8, 4) is 0 Å². The van der Waals surface area contributed by atoms with Crippen LogP contribution in [0.25, 0.3) is 0 Å². The first-order valence-corrected chi connectivity index (χ1v) is 13.4. The van der Waals surface area contributed by atoms with Gasteiger partial charge in [0.1, 0.15) is 6.10 Å². The molecule has 2 atom stereocenters. The monoisotopic (exact) mass is 459 g/mol. The van der Waals surface area contributed by atoms with Gasteiger partial charge in [0.05, 0.1) is 6.10 Å². The van der Waals surface area contributed by atoms with Crippen LogP contribution in [0.15, 0.2) is 5.34 Å². The minimum atomic E-state index is -0.678. The number of rotatable bonds is 23. The van der Waals surface area contributed by atoms with Gasteiger partial charge in [-0.25, -0.2) is 0 Å². The molecule has 6 nitrogen and oxygen atoms in total. The molecular weight excluding hydrogens is 406 g/mol. The lowest BCUT2D eigenvalue weighted by Gasteiger charge is -2.10. The van der Waals surface area contributed by atoms with Gasteiger partial charge in [-0.2, -0.15) is 0 Å². The number of hydrogen-bond acceptors (Lipinski definition) is 5. The quantitative estimate of drug-likeness (QED) is 0.0909. The maximum atomic E-state index is 10.3. The van der Waals surface area contributed by atoms with Crippen LogP contribution in [0.4, 0.5) is 0 Å². The van der Waals surface area contributed by atoms with E-state index in [1.54, 1.807) is 0 Å². The third-order valence-corrected chi connectivity index (χ3v) is 5.76. The standard InChI is InChI=1S/C18H36O3.C8H17NO2/c1-2-3-4-11-14-17(19)15-12-9-7-5-6-8-10-13-16-18(20)21;1-3-4-5-6-7-8(2)11-9-10/h17,19H,2-16H2,1H3,(H,20,21);8H,3-7H2,1-2H3. The summed E-state index contributed by atoms with van der Waals surface area (Å²) < 4.78 is 0. The van der Waals surface area contributed by atoms with Gasteiger partial charge in [0.2, 0.25) is 0 Å². The molecule has 0 aliphatic rings. The number of unbranched alkanes of at least 4 members (excludes halogenated alkanes) is 13. The Hall–Kier alpha value is -1.17. The second-order valence-corrected chi connectivity index (χ2v) is 9.10. The van der Waals surface area contributed by atoms with Crippen LogP contribution in [0.2, 0.25) is 0 Å². The van der Waals surface area contributed by atoms with E-state index in [0.29, 0.717) is 6.42 Å². The summed E-state index contributed by atoms with van der Waals surface area (Å²) >= 11 is 0. The van der Waals surface area contributed by atoms with Crippen LogP contribution in [-0.4, -0.2) is 28.4 Å². The number of nitrogens with zero attached hydrogens (tertiary/aromatic N) is 1. The average molecular weight is 460 g/mol. The van der Waals surface area contributed by atoms with E-state index in [1.807, 2.05) is 6.92 Å². The van der Waals surface area contributed by atoms with Crippen molar-refractivity contribution in [1.82, 2.24) is 0 Å². The summed E-state index contributed by atoms with van der Waals surface area (Å²) in [6, 6.07) is 0. The van der Waals surface area contributed by atoms with E-state index in [9.17, 15) is 14.8 Å². The number of aliphatic hydroxyl groups excluding tert-OH is 1. The molecule has 192 valence electrons. The van der Waals surface area contributed by atoms with Crippen LogP contribution in [-0.2, 0) is 9.63 Å². The van der Waals surface area contributed by atoms with E-state index in [2.05, 4.69) is 24.0 Å². The smallest absolute Gasteiger partial charge is 0.303 e. The Bertz CT molecular complexity index is 392. The molecule has 0 amide bonds. The lowest BCUT2D eigenvalue weighted by atomic mass is 10.0. The molecule has 32 heavy (non-hydrogen) atoms. The molecule has 0 heterocycles. The zero-order valence-corrected chi connectivity index (χ0v) is 21.4. The minimum absolute atomic E-state index is 0.00986. The van der Waals surface area contributed by atoms with Crippen molar-refractivity contribution in [2.45, 2.75) is 161 Å². The normalized spacial score (nSPS) is 12.5. The van der Waals surface area contributed by atoms with Crippen LogP contribution in [0, 0.1) is 4.91 Å². The van der Waals surface area contributed by atoms with Crippen molar-refractivity contribution < 1.29 is 19.8 Å². The van der Waals surface area contributed by atoms with Crippen molar-refractivity contribution in [3.63, 3.8) is 0 Å². The van der Waals surface area contributed by atoms with Crippen LogP contribution in [0.5, 0.6) is 0 Å².